The summed E-state index contributed by atoms with van der Waals surface area (Å²) in [6.45, 7) is 0.530. The van der Waals surface area contributed by atoms with E-state index in [0.29, 0.717) is 6.54 Å². The maximum Gasteiger partial charge on any atom is 0.371 e. The summed E-state index contributed by atoms with van der Waals surface area (Å²) in [4.78, 5) is 0. The number of methoxy groups -OCH3 is 1. The van der Waals surface area contributed by atoms with Crippen molar-refractivity contribution in [2.24, 2.45) is 0 Å². The molecule has 1 aromatic rings. The van der Waals surface area contributed by atoms with Gasteiger partial charge < -0.3 is 9.84 Å². The third-order valence-corrected chi connectivity index (χ3v) is 2.41. The van der Waals surface area contributed by atoms with E-state index in [-0.39, 0.29) is 17.2 Å². The molecule has 1 aliphatic heterocycles. The fourth-order valence-electron chi connectivity index (χ4n) is 1.65. The smallest absolute Gasteiger partial charge is 0.371 e. The number of benzene rings is 1. The molecule has 0 atom stereocenters. The maximum absolute atomic E-state index is 13.7. The lowest BCUT2D eigenvalue weighted by molar-refractivity contribution is -0.516. The van der Waals surface area contributed by atoms with E-state index >= 15 is 0 Å². The second kappa shape index (κ2) is 2.97. The Balaban J connectivity index is 2.64. The summed E-state index contributed by atoms with van der Waals surface area (Å²) >= 11 is 0. The molecule has 0 fully saturated rings. The summed E-state index contributed by atoms with van der Waals surface area (Å²) in [5.74, 6) is -0.367. The van der Waals surface area contributed by atoms with Gasteiger partial charge >= 0.3 is 5.90 Å². The van der Waals surface area contributed by atoms with Gasteiger partial charge in [-0.1, -0.05) is 0 Å². The van der Waals surface area contributed by atoms with Gasteiger partial charge in [0.2, 0.25) is 0 Å². The molecule has 0 aliphatic carbocycles. The number of ether oxygens (including phenoxy) is 1. The molecule has 3 nitrogen and oxygen atoms in total. The van der Waals surface area contributed by atoms with E-state index in [1.807, 2.05) is 0 Å². The van der Waals surface area contributed by atoms with Crippen LogP contribution in [0.1, 0.15) is 11.1 Å². The molecule has 74 valence electrons. The van der Waals surface area contributed by atoms with Crippen molar-refractivity contribution >= 4 is 5.90 Å². The minimum atomic E-state index is -0.494. The highest BCUT2D eigenvalue weighted by molar-refractivity contribution is 5.92. The Kier molecular flexibility index (Phi) is 1.91. The zero-order chi connectivity index (χ0) is 10.3. The zero-order valence-corrected chi connectivity index (χ0v) is 8.04. The number of hydrogen-bond donors (Lipinski definition) is 1. The van der Waals surface area contributed by atoms with Crippen LogP contribution in [-0.2, 0) is 6.54 Å². The lowest BCUT2D eigenvalue weighted by Gasteiger charge is -2.03. The molecule has 4 heteroatoms. The van der Waals surface area contributed by atoms with Crippen molar-refractivity contribution in [3.63, 3.8) is 0 Å². The highest BCUT2D eigenvalue weighted by Crippen LogP contribution is 2.27. The first-order valence-corrected chi connectivity index (χ1v) is 4.28. The van der Waals surface area contributed by atoms with Crippen LogP contribution >= 0.6 is 0 Å². The molecule has 0 bridgehead atoms. The summed E-state index contributed by atoms with van der Waals surface area (Å²) in [5, 5.41) is 9.60. The van der Waals surface area contributed by atoms with E-state index in [9.17, 15) is 9.50 Å². The quantitative estimate of drug-likeness (QED) is 0.686. The monoisotopic (exact) mass is 196 g/mol. The van der Waals surface area contributed by atoms with E-state index < -0.39 is 5.82 Å². The predicted molar refractivity (Wildman–Crippen MR) is 49.6 cm³/mol. The summed E-state index contributed by atoms with van der Waals surface area (Å²) in [5.41, 5.74) is 1.04. The Morgan fingerprint density at radius 1 is 1.50 bits per heavy atom. The largest absolute Gasteiger partial charge is 0.494 e. The third-order valence-electron chi connectivity index (χ3n) is 2.41. The SMILES string of the molecule is COc1ccc2c(c1F)C(O)=[N+](C)C2. The van der Waals surface area contributed by atoms with Crippen LogP contribution in [-0.4, -0.2) is 29.7 Å². The molecule has 1 N–H and O–H groups in total. The van der Waals surface area contributed by atoms with Gasteiger partial charge in [0, 0.05) is 5.56 Å². The first-order chi connectivity index (χ1) is 6.65. The van der Waals surface area contributed by atoms with Gasteiger partial charge in [-0.3, -0.25) is 0 Å². The van der Waals surface area contributed by atoms with Gasteiger partial charge in [0.15, 0.2) is 18.1 Å². The number of aliphatic hydroxyl groups is 1. The van der Waals surface area contributed by atoms with Crippen molar-refractivity contribution in [1.29, 1.82) is 0 Å². The minimum absolute atomic E-state index is 0.0311. The highest BCUT2D eigenvalue weighted by atomic mass is 19.1. The zero-order valence-electron chi connectivity index (χ0n) is 8.04. The molecule has 0 unspecified atom stereocenters. The Labute approximate surface area is 81.1 Å². The second-order valence-corrected chi connectivity index (χ2v) is 3.30. The third kappa shape index (κ3) is 1.07. The molecule has 0 aromatic heterocycles. The fourth-order valence-corrected chi connectivity index (χ4v) is 1.65. The van der Waals surface area contributed by atoms with Gasteiger partial charge in [-0.05, 0) is 12.1 Å². The summed E-state index contributed by atoms with van der Waals surface area (Å²) in [6, 6.07) is 3.33. The van der Waals surface area contributed by atoms with E-state index in [0.717, 1.165) is 5.56 Å². The molecular weight excluding hydrogens is 185 g/mol. The van der Waals surface area contributed by atoms with Crippen molar-refractivity contribution in [1.82, 2.24) is 0 Å². The molecule has 14 heavy (non-hydrogen) atoms. The van der Waals surface area contributed by atoms with Crippen LogP contribution in [0.5, 0.6) is 5.75 Å². The van der Waals surface area contributed by atoms with Crippen LogP contribution in [0.25, 0.3) is 0 Å². The Morgan fingerprint density at radius 2 is 2.21 bits per heavy atom. The van der Waals surface area contributed by atoms with Crippen LogP contribution in [0.2, 0.25) is 0 Å². The predicted octanol–water partition coefficient (Wildman–Crippen LogP) is 1.29. The van der Waals surface area contributed by atoms with E-state index in [2.05, 4.69) is 0 Å². The van der Waals surface area contributed by atoms with Crippen LogP contribution in [0.4, 0.5) is 4.39 Å². The molecule has 0 radical (unpaired) electrons. The van der Waals surface area contributed by atoms with Crippen molar-refractivity contribution < 1.29 is 18.8 Å². The molecule has 1 aliphatic rings. The van der Waals surface area contributed by atoms with Gasteiger partial charge in [-0.15, -0.1) is 0 Å². The fraction of sp³-hybridized carbons (Fsp3) is 0.300. The molecule has 0 spiro atoms. The lowest BCUT2D eigenvalue weighted by atomic mass is 10.1. The molecule has 0 saturated heterocycles. The van der Waals surface area contributed by atoms with Crippen molar-refractivity contribution in [3.8, 4) is 5.75 Å². The number of hydrogen-bond acceptors (Lipinski definition) is 1. The Bertz CT molecular complexity index is 426. The van der Waals surface area contributed by atoms with Crippen LogP contribution in [0, 0.1) is 5.82 Å². The molecule has 1 heterocycles. The summed E-state index contributed by atoms with van der Waals surface area (Å²) in [6.07, 6.45) is 0. The number of aliphatic hydroxyl groups excluding tert-OH is 1. The highest BCUT2D eigenvalue weighted by Gasteiger charge is 2.31. The molecule has 0 saturated carbocycles. The second-order valence-electron chi connectivity index (χ2n) is 3.30. The standard InChI is InChI=1S/C10H10FNO2/c1-12-5-6-3-4-7(14-2)9(11)8(6)10(12)13/h3-4H,5H2,1-2H3/p+1. The topological polar surface area (TPSA) is 32.5 Å². The van der Waals surface area contributed by atoms with E-state index in [4.69, 9.17) is 4.74 Å². The molecular formula is C10H11FNO2+. The lowest BCUT2D eigenvalue weighted by Crippen LogP contribution is -2.10. The number of rotatable bonds is 1. The average Bonchev–Trinajstić information content (AvgIpc) is 2.44. The van der Waals surface area contributed by atoms with Crippen molar-refractivity contribution in [2.75, 3.05) is 14.2 Å². The molecule has 0 amide bonds. The van der Waals surface area contributed by atoms with Crippen LogP contribution in [0.15, 0.2) is 12.1 Å². The summed E-state index contributed by atoms with van der Waals surface area (Å²) < 4.78 is 20.1. The first kappa shape index (κ1) is 8.99. The van der Waals surface area contributed by atoms with Gasteiger partial charge in [0.25, 0.3) is 0 Å². The first-order valence-electron chi connectivity index (χ1n) is 4.28. The van der Waals surface area contributed by atoms with Gasteiger partial charge in [0.1, 0.15) is 12.6 Å². The van der Waals surface area contributed by atoms with Crippen LogP contribution < -0.4 is 4.74 Å². The molecule has 1 aromatic carbocycles. The number of halogens is 1. The maximum atomic E-state index is 13.7. The van der Waals surface area contributed by atoms with Crippen LogP contribution in [0.3, 0.4) is 0 Å². The molecule has 2 rings (SSSR count). The summed E-state index contributed by atoms with van der Waals surface area (Å²) in [7, 11) is 3.11. The number of fused-ring (bicyclic) bond motifs is 1. The number of nitrogens with zero attached hydrogens (tertiary/aromatic N) is 1. The average molecular weight is 196 g/mol. The Morgan fingerprint density at radius 3 is 2.86 bits per heavy atom. The van der Waals surface area contributed by atoms with Crippen molar-refractivity contribution in [2.45, 2.75) is 6.54 Å². The van der Waals surface area contributed by atoms with E-state index in [1.54, 1.807) is 23.8 Å². The van der Waals surface area contributed by atoms with E-state index in [1.165, 1.54) is 7.11 Å². The Hall–Kier alpha value is -1.58. The normalized spacial score (nSPS) is 14.5. The van der Waals surface area contributed by atoms with Gasteiger partial charge in [-0.2, -0.15) is 4.58 Å². The van der Waals surface area contributed by atoms with Gasteiger partial charge in [0.05, 0.1) is 7.11 Å². The minimum Gasteiger partial charge on any atom is -0.494 e. The van der Waals surface area contributed by atoms with Gasteiger partial charge in [-0.25, -0.2) is 4.39 Å². The van der Waals surface area contributed by atoms with Crippen molar-refractivity contribution in [3.05, 3.63) is 29.1 Å².